The Morgan fingerprint density at radius 3 is 2.65 bits per heavy atom. The van der Waals surface area contributed by atoms with Crippen molar-refractivity contribution in [3.05, 3.63) is 5.51 Å². The second-order valence-corrected chi connectivity index (χ2v) is 4.90. The second-order valence-electron chi connectivity index (χ2n) is 4.07. The first-order valence-corrected chi connectivity index (χ1v) is 6.36. The lowest BCUT2D eigenvalue weighted by molar-refractivity contribution is -0.147. The zero-order chi connectivity index (χ0) is 12.3. The van der Waals surface area contributed by atoms with Gasteiger partial charge in [0.05, 0.1) is 11.8 Å². The van der Waals surface area contributed by atoms with Crippen molar-refractivity contribution in [2.24, 2.45) is 11.8 Å². The highest BCUT2D eigenvalue weighted by Gasteiger charge is 2.35. The number of carbonyl (C=O) groups is 2. The lowest BCUT2D eigenvalue weighted by Gasteiger charge is -2.26. The summed E-state index contributed by atoms with van der Waals surface area (Å²) in [4.78, 5) is 23.0. The maximum atomic E-state index is 11.9. The number of hydrogen-bond acceptors (Lipinski definition) is 5. The summed E-state index contributed by atoms with van der Waals surface area (Å²) < 4.78 is 0. The smallest absolute Gasteiger partial charge is 0.307 e. The predicted octanol–water partition coefficient (Wildman–Crippen LogP) is 1.37. The molecule has 0 unspecified atom stereocenters. The SMILES string of the molecule is O=C(O)[C@@H]1CCCC[C@H]1C(=O)Nc1nncs1. The van der Waals surface area contributed by atoms with Crippen molar-refractivity contribution in [3.63, 3.8) is 0 Å². The Morgan fingerprint density at radius 1 is 1.35 bits per heavy atom. The van der Waals surface area contributed by atoms with E-state index in [9.17, 15) is 9.59 Å². The molecule has 0 aliphatic heterocycles. The standard InChI is InChI=1S/C10H13N3O3S/c14-8(12-10-13-11-5-17-10)6-3-1-2-4-7(6)9(15)16/h5-7H,1-4H2,(H,15,16)(H,12,13,14)/t6-,7-/m1/s1. The van der Waals surface area contributed by atoms with Crippen LogP contribution < -0.4 is 5.32 Å². The first kappa shape index (κ1) is 12.0. The Bertz CT molecular complexity index is 407. The molecular weight excluding hydrogens is 242 g/mol. The number of carboxylic acid groups (broad SMARTS) is 1. The van der Waals surface area contributed by atoms with Gasteiger partial charge in [-0.15, -0.1) is 10.2 Å². The van der Waals surface area contributed by atoms with Crippen molar-refractivity contribution in [1.29, 1.82) is 0 Å². The van der Waals surface area contributed by atoms with E-state index in [0.29, 0.717) is 18.0 Å². The predicted molar refractivity (Wildman–Crippen MR) is 61.6 cm³/mol. The molecule has 1 aliphatic carbocycles. The molecule has 0 saturated heterocycles. The molecule has 1 aromatic rings. The van der Waals surface area contributed by atoms with Gasteiger partial charge in [-0.2, -0.15) is 0 Å². The third-order valence-electron chi connectivity index (χ3n) is 3.01. The third kappa shape index (κ3) is 2.79. The van der Waals surface area contributed by atoms with Crippen molar-refractivity contribution in [3.8, 4) is 0 Å². The number of nitrogens with zero attached hydrogens (tertiary/aromatic N) is 2. The summed E-state index contributed by atoms with van der Waals surface area (Å²) in [5.41, 5.74) is 1.52. The number of rotatable bonds is 3. The highest BCUT2D eigenvalue weighted by Crippen LogP contribution is 2.31. The van der Waals surface area contributed by atoms with Crippen molar-refractivity contribution in [2.75, 3.05) is 5.32 Å². The third-order valence-corrected chi connectivity index (χ3v) is 3.62. The summed E-state index contributed by atoms with van der Waals surface area (Å²) in [5, 5.41) is 19.4. The highest BCUT2D eigenvalue weighted by molar-refractivity contribution is 7.13. The van der Waals surface area contributed by atoms with Gasteiger partial charge in [0.25, 0.3) is 0 Å². The number of nitrogens with one attached hydrogen (secondary N) is 1. The highest BCUT2D eigenvalue weighted by atomic mass is 32.1. The van der Waals surface area contributed by atoms with Gasteiger partial charge in [0.2, 0.25) is 11.0 Å². The van der Waals surface area contributed by atoms with E-state index in [1.54, 1.807) is 0 Å². The van der Waals surface area contributed by atoms with Crippen molar-refractivity contribution in [2.45, 2.75) is 25.7 Å². The van der Waals surface area contributed by atoms with Crippen LogP contribution in [0.25, 0.3) is 0 Å². The Labute approximate surface area is 102 Å². The molecule has 7 heteroatoms. The van der Waals surface area contributed by atoms with Gasteiger partial charge in [-0.1, -0.05) is 24.2 Å². The van der Waals surface area contributed by atoms with Crippen LogP contribution in [0.3, 0.4) is 0 Å². The Kier molecular flexibility index (Phi) is 3.68. The van der Waals surface area contributed by atoms with Gasteiger partial charge in [0.1, 0.15) is 5.51 Å². The van der Waals surface area contributed by atoms with Gasteiger partial charge in [0.15, 0.2) is 0 Å². The van der Waals surface area contributed by atoms with E-state index in [-0.39, 0.29) is 5.91 Å². The van der Waals surface area contributed by atoms with E-state index < -0.39 is 17.8 Å². The fraction of sp³-hybridized carbons (Fsp3) is 0.600. The first-order valence-electron chi connectivity index (χ1n) is 5.48. The average Bonchev–Trinajstić information content (AvgIpc) is 2.81. The summed E-state index contributed by atoms with van der Waals surface area (Å²) in [6.07, 6.45) is 2.97. The lowest BCUT2D eigenvalue weighted by atomic mass is 9.79. The quantitative estimate of drug-likeness (QED) is 0.851. The van der Waals surface area contributed by atoms with Gasteiger partial charge in [0, 0.05) is 0 Å². The molecule has 1 aromatic heterocycles. The molecule has 0 aromatic carbocycles. The molecule has 0 bridgehead atoms. The molecule has 1 amide bonds. The van der Waals surface area contributed by atoms with Crippen LogP contribution in [0.2, 0.25) is 0 Å². The average molecular weight is 255 g/mol. The molecule has 2 N–H and O–H groups in total. The molecule has 2 rings (SSSR count). The molecule has 92 valence electrons. The van der Waals surface area contributed by atoms with Gasteiger partial charge < -0.3 is 10.4 Å². The summed E-state index contributed by atoms with van der Waals surface area (Å²) in [7, 11) is 0. The molecule has 1 fully saturated rings. The van der Waals surface area contributed by atoms with Crippen LogP contribution in [0.15, 0.2) is 5.51 Å². The number of carbonyl (C=O) groups excluding carboxylic acids is 1. The van der Waals surface area contributed by atoms with Crippen LogP contribution in [0.1, 0.15) is 25.7 Å². The minimum atomic E-state index is -0.887. The molecular formula is C10H13N3O3S. The largest absolute Gasteiger partial charge is 0.481 e. The van der Waals surface area contributed by atoms with Crippen LogP contribution in [-0.4, -0.2) is 27.2 Å². The van der Waals surface area contributed by atoms with Crippen LogP contribution in [0.4, 0.5) is 5.13 Å². The van der Waals surface area contributed by atoms with Gasteiger partial charge >= 0.3 is 5.97 Å². The Morgan fingerprint density at radius 2 is 2.06 bits per heavy atom. The molecule has 17 heavy (non-hydrogen) atoms. The number of anilines is 1. The lowest BCUT2D eigenvalue weighted by Crippen LogP contribution is -2.36. The number of aromatic nitrogens is 2. The molecule has 1 heterocycles. The van der Waals surface area contributed by atoms with E-state index in [1.165, 1.54) is 16.8 Å². The molecule has 1 saturated carbocycles. The number of amides is 1. The van der Waals surface area contributed by atoms with Crippen molar-refractivity contribution < 1.29 is 14.7 Å². The van der Waals surface area contributed by atoms with E-state index in [0.717, 1.165) is 12.8 Å². The number of hydrogen-bond donors (Lipinski definition) is 2. The van der Waals surface area contributed by atoms with E-state index in [2.05, 4.69) is 15.5 Å². The minimum Gasteiger partial charge on any atom is -0.481 e. The first-order chi connectivity index (χ1) is 8.18. The van der Waals surface area contributed by atoms with Crippen molar-refractivity contribution >= 4 is 28.3 Å². The summed E-state index contributed by atoms with van der Waals surface area (Å²) in [5.74, 6) is -2.17. The van der Waals surface area contributed by atoms with Crippen LogP contribution in [-0.2, 0) is 9.59 Å². The van der Waals surface area contributed by atoms with Crippen LogP contribution >= 0.6 is 11.3 Å². The normalized spacial score (nSPS) is 24.2. The summed E-state index contributed by atoms with van der Waals surface area (Å²) >= 11 is 1.22. The zero-order valence-corrected chi connectivity index (χ0v) is 9.94. The molecule has 6 nitrogen and oxygen atoms in total. The fourth-order valence-electron chi connectivity index (χ4n) is 2.17. The van der Waals surface area contributed by atoms with E-state index in [4.69, 9.17) is 5.11 Å². The fourth-order valence-corrected chi connectivity index (χ4v) is 2.61. The molecule has 0 spiro atoms. The number of aliphatic carboxylic acids is 1. The second kappa shape index (κ2) is 5.22. The van der Waals surface area contributed by atoms with Gasteiger partial charge in [-0.05, 0) is 12.8 Å². The van der Waals surface area contributed by atoms with E-state index in [1.807, 2.05) is 0 Å². The Balaban J connectivity index is 2.03. The van der Waals surface area contributed by atoms with Gasteiger partial charge in [-0.25, -0.2) is 0 Å². The van der Waals surface area contributed by atoms with E-state index >= 15 is 0 Å². The summed E-state index contributed by atoms with van der Waals surface area (Å²) in [6.45, 7) is 0. The zero-order valence-electron chi connectivity index (χ0n) is 9.13. The molecule has 2 atom stereocenters. The molecule has 1 aliphatic rings. The minimum absolute atomic E-state index is 0.256. The van der Waals surface area contributed by atoms with Crippen molar-refractivity contribution in [1.82, 2.24) is 10.2 Å². The summed E-state index contributed by atoms with van der Waals surface area (Å²) in [6, 6.07) is 0. The maximum Gasteiger partial charge on any atom is 0.307 e. The van der Waals surface area contributed by atoms with Gasteiger partial charge in [-0.3, -0.25) is 9.59 Å². The number of carboxylic acids is 1. The topological polar surface area (TPSA) is 92.2 Å². The van der Waals surface area contributed by atoms with Crippen LogP contribution in [0, 0.1) is 11.8 Å². The molecule has 0 radical (unpaired) electrons. The Hall–Kier alpha value is -1.50. The monoisotopic (exact) mass is 255 g/mol. The van der Waals surface area contributed by atoms with Crippen LogP contribution in [0.5, 0.6) is 0 Å². The maximum absolute atomic E-state index is 11.9.